The number of benzene rings is 1. The number of hydrogen-bond acceptors (Lipinski definition) is 3. The lowest BCUT2D eigenvalue weighted by molar-refractivity contribution is 0.274. The van der Waals surface area contributed by atoms with Crippen LogP contribution in [0.1, 0.15) is 22.9 Å². The first-order chi connectivity index (χ1) is 7.29. The van der Waals surface area contributed by atoms with E-state index in [2.05, 4.69) is 23.2 Å². The van der Waals surface area contributed by atoms with Crippen molar-refractivity contribution in [2.45, 2.75) is 19.3 Å². The molecule has 3 rings (SSSR count). The summed E-state index contributed by atoms with van der Waals surface area (Å²) in [7, 11) is 0. The molecule has 2 aromatic rings. The van der Waals surface area contributed by atoms with E-state index >= 15 is 0 Å². The normalized spacial score (nSPS) is 24.7. The Morgan fingerprint density at radius 2 is 2.40 bits per heavy atom. The van der Waals surface area contributed by atoms with E-state index in [1.165, 1.54) is 10.3 Å². The number of rotatable bonds is 2. The molecule has 0 aliphatic heterocycles. The van der Waals surface area contributed by atoms with Crippen molar-refractivity contribution in [2.24, 2.45) is 5.92 Å². The third-order valence-electron chi connectivity index (χ3n) is 3.11. The first kappa shape index (κ1) is 9.31. The second-order valence-electron chi connectivity index (χ2n) is 4.21. The number of aliphatic hydroxyl groups excluding tert-OH is 1. The van der Waals surface area contributed by atoms with Gasteiger partial charge >= 0.3 is 0 Å². The Kier molecular flexibility index (Phi) is 2.04. The lowest BCUT2D eigenvalue weighted by Gasteiger charge is -1.99. The quantitative estimate of drug-likeness (QED) is 0.842. The number of fused-ring (bicyclic) bond motifs is 1. The maximum Gasteiger partial charge on any atom is 0.0907 e. The summed E-state index contributed by atoms with van der Waals surface area (Å²) >= 11 is 1.77. The van der Waals surface area contributed by atoms with Gasteiger partial charge in [-0.3, -0.25) is 0 Å². The van der Waals surface area contributed by atoms with Crippen LogP contribution in [0.2, 0.25) is 0 Å². The maximum atomic E-state index is 9.10. The van der Waals surface area contributed by atoms with Gasteiger partial charge in [-0.2, -0.15) is 0 Å². The average molecular weight is 219 g/mol. The first-order valence-corrected chi connectivity index (χ1v) is 6.08. The average Bonchev–Trinajstić information content (AvgIpc) is 2.91. The van der Waals surface area contributed by atoms with Crippen molar-refractivity contribution in [1.82, 2.24) is 4.98 Å². The Balaban J connectivity index is 2.10. The van der Waals surface area contributed by atoms with Gasteiger partial charge in [-0.15, -0.1) is 11.3 Å². The van der Waals surface area contributed by atoms with Gasteiger partial charge in [0.2, 0.25) is 0 Å². The van der Waals surface area contributed by atoms with Crippen LogP contribution in [-0.4, -0.2) is 16.7 Å². The fraction of sp³-hybridized carbons (Fsp3) is 0.417. The van der Waals surface area contributed by atoms with E-state index in [1.54, 1.807) is 11.3 Å². The molecule has 1 aliphatic rings. The first-order valence-electron chi connectivity index (χ1n) is 5.26. The number of aryl methyl sites for hydroxylation is 1. The number of aromatic nitrogens is 1. The molecular formula is C12H13NOS. The van der Waals surface area contributed by atoms with Gasteiger partial charge in [0.15, 0.2) is 0 Å². The van der Waals surface area contributed by atoms with Crippen LogP contribution in [0, 0.1) is 12.8 Å². The van der Waals surface area contributed by atoms with Gasteiger partial charge in [-0.05, 0) is 36.8 Å². The molecule has 0 spiro atoms. The van der Waals surface area contributed by atoms with Crippen molar-refractivity contribution in [3.05, 3.63) is 28.8 Å². The highest BCUT2D eigenvalue weighted by molar-refractivity contribution is 7.18. The molecule has 2 unspecified atom stereocenters. The van der Waals surface area contributed by atoms with Gasteiger partial charge in [-0.25, -0.2) is 4.98 Å². The molecule has 0 saturated heterocycles. The Labute approximate surface area is 92.6 Å². The third kappa shape index (κ3) is 1.46. The predicted molar refractivity (Wildman–Crippen MR) is 62.3 cm³/mol. The van der Waals surface area contributed by atoms with Crippen LogP contribution in [0.3, 0.4) is 0 Å². The zero-order chi connectivity index (χ0) is 10.4. The number of hydrogen-bond donors (Lipinski definition) is 1. The molecule has 2 atom stereocenters. The largest absolute Gasteiger partial charge is 0.396 e. The van der Waals surface area contributed by atoms with Gasteiger partial charge in [0, 0.05) is 6.61 Å². The fourth-order valence-electron chi connectivity index (χ4n) is 2.20. The van der Waals surface area contributed by atoms with Gasteiger partial charge in [0.25, 0.3) is 0 Å². The van der Waals surface area contributed by atoms with E-state index < -0.39 is 0 Å². The summed E-state index contributed by atoms with van der Waals surface area (Å²) in [4.78, 5) is 4.49. The van der Waals surface area contributed by atoms with Crippen LogP contribution in [-0.2, 0) is 0 Å². The monoisotopic (exact) mass is 219 g/mol. The number of nitrogens with zero attached hydrogens (tertiary/aromatic N) is 1. The summed E-state index contributed by atoms with van der Waals surface area (Å²) < 4.78 is 1.32. The Morgan fingerprint density at radius 3 is 3.13 bits per heavy atom. The van der Waals surface area contributed by atoms with Crippen LogP contribution >= 0.6 is 11.3 Å². The molecule has 0 radical (unpaired) electrons. The summed E-state index contributed by atoms with van der Waals surface area (Å²) in [6, 6.07) is 6.32. The van der Waals surface area contributed by atoms with Crippen LogP contribution in [0.5, 0.6) is 0 Å². The SMILES string of the molecule is Cc1nc2cccc(C3CC3CO)c2s1. The highest BCUT2D eigenvalue weighted by Crippen LogP contribution is 2.49. The highest BCUT2D eigenvalue weighted by atomic mass is 32.1. The van der Waals surface area contributed by atoms with Gasteiger partial charge in [0.1, 0.15) is 0 Å². The summed E-state index contributed by atoms with van der Waals surface area (Å²) in [5.74, 6) is 1.05. The molecule has 1 aromatic heterocycles. The molecule has 1 N–H and O–H groups in total. The van der Waals surface area contributed by atoms with E-state index in [4.69, 9.17) is 5.11 Å². The Bertz CT molecular complexity index is 505. The van der Waals surface area contributed by atoms with Gasteiger partial charge in [-0.1, -0.05) is 12.1 Å². The second kappa shape index (κ2) is 3.29. The maximum absolute atomic E-state index is 9.10. The van der Waals surface area contributed by atoms with E-state index in [1.807, 2.05) is 6.92 Å². The summed E-state index contributed by atoms with van der Waals surface area (Å²) in [5.41, 5.74) is 2.50. The zero-order valence-electron chi connectivity index (χ0n) is 8.60. The summed E-state index contributed by atoms with van der Waals surface area (Å²) in [6.45, 7) is 2.36. The van der Waals surface area contributed by atoms with Crippen LogP contribution in [0.15, 0.2) is 18.2 Å². The standard InChI is InChI=1S/C12H13NOS/c1-7-13-11-4-2-3-9(12(11)15-7)10-5-8(10)6-14/h2-4,8,10,14H,5-6H2,1H3. The van der Waals surface area contributed by atoms with Gasteiger partial charge in [0.05, 0.1) is 15.2 Å². The zero-order valence-corrected chi connectivity index (χ0v) is 9.42. The van der Waals surface area contributed by atoms with Crippen molar-refractivity contribution in [1.29, 1.82) is 0 Å². The second-order valence-corrected chi connectivity index (χ2v) is 5.42. The van der Waals surface area contributed by atoms with Gasteiger partial charge < -0.3 is 5.11 Å². The van der Waals surface area contributed by atoms with Crippen molar-refractivity contribution in [3.63, 3.8) is 0 Å². The minimum absolute atomic E-state index is 0.318. The molecule has 15 heavy (non-hydrogen) atoms. The van der Waals surface area contributed by atoms with Crippen molar-refractivity contribution in [3.8, 4) is 0 Å². The minimum atomic E-state index is 0.318. The molecule has 1 heterocycles. The lowest BCUT2D eigenvalue weighted by Crippen LogP contribution is -1.88. The van der Waals surface area contributed by atoms with Crippen molar-refractivity contribution >= 4 is 21.6 Å². The molecule has 1 fully saturated rings. The summed E-state index contributed by atoms with van der Waals surface area (Å²) in [6.07, 6.45) is 1.13. The minimum Gasteiger partial charge on any atom is -0.396 e. The molecule has 3 heteroatoms. The van der Waals surface area contributed by atoms with Crippen molar-refractivity contribution in [2.75, 3.05) is 6.61 Å². The number of aliphatic hydroxyl groups is 1. The molecule has 2 nitrogen and oxygen atoms in total. The molecular weight excluding hydrogens is 206 g/mol. The van der Waals surface area contributed by atoms with E-state index in [9.17, 15) is 0 Å². The molecule has 1 aromatic carbocycles. The van der Waals surface area contributed by atoms with E-state index in [0.717, 1.165) is 16.9 Å². The van der Waals surface area contributed by atoms with E-state index in [-0.39, 0.29) is 0 Å². The molecule has 1 aliphatic carbocycles. The highest BCUT2D eigenvalue weighted by Gasteiger charge is 2.38. The molecule has 1 saturated carbocycles. The van der Waals surface area contributed by atoms with Crippen LogP contribution < -0.4 is 0 Å². The topological polar surface area (TPSA) is 33.1 Å². The van der Waals surface area contributed by atoms with E-state index in [0.29, 0.717) is 18.4 Å². The third-order valence-corrected chi connectivity index (χ3v) is 4.14. The smallest absolute Gasteiger partial charge is 0.0907 e. The predicted octanol–water partition coefficient (Wildman–Crippen LogP) is 2.70. The van der Waals surface area contributed by atoms with Crippen molar-refractivity contribution < 1.29 is 5.11 Å². The van der Waals surface area contributed by atoms with Crippen LogP contribution in [0.25, 0.3) is 10.2 Å². The molecule has 0 amide bonds. The molecule has 78 valence electrons. The molecule has 0 bridgehead atoms. The fourth-order valence-corrected chi connectivity index (χ4v) is 3.20. The number of thiazole rings is 1. The van der Waals surface area contributed by atoms with Crippen LogP contribution in [0.4, 0.5) is 0 Å². The summed E-state index contributed by atoms with van der Waals surface area (Å²) in [5, 5.41) is 10.2. The lowest BCUT2D eigenvalue weighted by atomic mass is 10.1. The Morgan fingerprint density at radius 1 is 1.53 bits per heavy atom. The Hall–Kier alpha value is -0.930.